The van der Waals surface area contributed by atoms with Crippen molar-refractivity contribution < 1.29 is 47.5 Å². The molecule has 0 spiro atoms. The van der Waals surface area contributed by atoms with Crippen LogP contribution in [0, 0.1) is 0 Å². The van der Waals surface area contributed by atoms with Crippen LogP contribution in [0.3, 0.4) is 0 Å². The Labute approximate surface area is 191 Å². The smallest absolute Gasteiger partial charge is 0.341 e. The number of carbonyl (C=O) groups is 2. The molecule has 1 aliphatic rings. The van der Waals surface area contributed by atoms with Gasteiger partial charge in [0.25, 0.3) is 0 Å². The first-order valence-corrected chi connectivity index (χ1v) is 10.0. The van der Waals surface area contributed by atoms with Crippen molar-refractivity contribution in [2.24, 2.45) is 0 Å². The molecule has 0 fully saturated rings. The van der Waals surface area contributed by atoms with Crippen molar-refractivity contribution >= 4 is 11.9 Å². The quantitative estimate of drug-likeness (QED) is 0.406. The number of carbonyl (C=O) groups excluding carboxylic acids is 2. The van der Waals surface area contributed by atoms with Crippen LogP contribution in [0.1, 0.15) is 34.6 Å². The molecule has 1 aliphatic heterocycles. The lowest BCUT2D eigenvalue weighted by Gasteiger charge is -2.19. The van der Waals surface area contributed by atoms with Crippen molar-refractivity contribution in [3.8, 4) is 34.1 Å². The molecule has 10 nitrogen and oxygen atoms in total. The molecule has 0 aliphatic carbocycles. The molecule has 33 heavy (non-hydrogen) atoms. The van der Waals surface area contributed by atoms with E-state index < -0.39 is 24.5 Å². The van der Waals surface area contributed by atoms with Gasteiger partial charge in [0.1, 0.15) is 0 Å². The van der Waals surface area contributed by atoms with Crippen LogP contribution in [0.5, 0.6) is 23.0 Å². The van der Waals surface area contributed by atoms with Gasteiger partial charge in [-0.3, -0.25) is 0 Å². The standard InChI is InChI=1S/C23H26O10/c1-12(26-3)32-22(24)14-7-8-17-21(31-11-30-17)20(14)15-9-18(28-5)19(29-6)10-16(15)23(25)33-13(2)27-4/h7-10,12-13H,11H2,1-6H3. The number of ether oxygens (including phenoxy) is 8. The van der Waals surface area contributed by atoms with E-state index in [0.29, 0.717) is 22.8 Å². The Morgan fingerprint density at radius 2 is 1.39 bits per heavy atom. The van der Waals surface area contributed by atoms with Crippen molar-refractivity contribution in [3.05, 3.63) is 35.4 Å². The third-order valence-corrected chi connectivity index (χ3v) is 4.98. The maximum atomic E-state index is 13.1. The maximum Gasteiger partial charge on any atom is 0.341 e. The van der Waals surface area contributed by atoms with Gasteiger partial charge in [0.15, 0.2) is 35.6 Å². The predicted molar refractivity (Wildman–Crippen MR) is 115 cm³/mol. The van der Waals surface area contributed by atoms with Crippen LogP contribution in [0.25, 0.3) is 11.1 Å². The Kier molecular flexibility index (Phi) is 7.62. The van der Waals surface area contributed by atoms with Crippen LogP contribution < -0.4 is 18.9 Å². The lowest BCUT2D eigenvalue weighted by Crippen LogP contribution is -2.19. The van der Waals surface area contributed by atoms with E-state index in [9.17, 15) is 9.59 Å². The van der Waals surface area contributed by atoms with Crippen LogP contribution in [0.15, 0.2) is 24.3 Å². The zero-order valence-electron chi connectivity index (χ0n) is 19.3. The van der Waals surface area contributed by atoms with Gasteiger partial charge in [-0.05, 0) is 38.1 Å². The molecule has 3 rings (SSSR count). The number of hydrogen-bond acceptors (Lipinski definition) is 10. The highest BCUT2D eigenvalue weighted by molar-refractivity contribution is 6.06. The minimum Gasteiger partial charge on any atom is -0.493 e. The average Bonchev–Trinajstić information content (AvgIpc) is 3.31. The van der Waals surface area contributed by atoms with Crippen molar-refractivity contribution in [2.75, 3.05) is 35.2 Å². The maximum absolute atomic E-state index is 13.1. The summed E-state index contributed by atoms with van der Waals surface area (Å²) in [6.07, 6.45) is -1.61. The highest BCUT2D eigenvalue weighted by Crippen LogP contribution is 2.47. The zero-order valence-corrected chi connectivity index (χ0v) is 19.3. The Hall–Kier alpha value is -3.50. The number of hydrogen-bond donors (Lipinski definition) is 0. The molecule has 0 radical (unpaired) electrons. The van der Waals surface area contributed by atoms with Crippen LogP contribution in [0.2, 0.25) is 0 Å². The Bertz CT molecular complexity index is 1030. The van der Waals surface area contributed by atoms with Gasteiger partial charge in [-0.1, -0.05) is 0 Å². The Morgan fingerprint density at radius 1 is 0.818 bits per heavy atom. The minimum atomic E-state index is -0.813. The summed E-state index contributed by atoms with van der Waals surface area (Å²) in [6.45, 7) is 3.10. The highest BCUT2D eigenvalue weighted by atomic mass is 16.7. The summed E-state index contributed by atoms with van der Waals surface area (Å²) >= 11 is 0. The van der Waals surface area contributed by atoms with Crippen molar-refractivity contribution in [2.45, 2.75) is 26.4 Å². The first-order chi connectivity index (χ1) is 15.8. The largest absolute Gasteiger partial charge is 0.493 e. The lowest BCUT2D eigenvalue weighted by molar-refractivity contribution is -0.0781. The van der Waals surface area contributed by atoms with Gasteiger partial charge in [-0.25, -0.2) is 9.59 Å². The van der Waals surface area contributed by atoms with Gasteiger partial charge in [0.05, 0.1) is 25.3 Å². The topological polar surface area (TPSA) is 108 Å². The molecule has 2 unspecified atom stereocenters. The summed E-state index contributed by atoms with van der Waals surface area (Å²) in [5.74, 6) is -0.0974. The molecule has 0 bridgehead atoms. The summed E-state index contributed by atoms with van der Waals surface area (Å²) in [6, 6.07) is 6.13. The van der Waals surface area contributed by atoms with Crippen LogP contribution in [-0.4, -0.2) is 59.8 Å². The molecule has 0 saturated carbocycles. The fourth-order valence-electron chi connectivity index (χ4n) is 3.19. The minimum absolute atomic E-state index is 0.0525. The fourth-order valence-corrected chi connectivity index (χ4v) is 3.19. The summed E-state index contributed by atoms with van der Waals surface area (Å²) in [4.78, 5) is 26.1. The number of rotatable bonds is 9. The average molecular weight is 462 g/mol. The van der Waals surface area contributed by atoms with E-state index in [0.717, 1.165) is 0 Å². The molecule has 2 atom stereocenters. The molecule has 0 N–H and O–H groups in total. The number of esters is 2. The fraction of sp³-hybridized carbons (Fsp3) is 0.391. The molecule has 10 heteroatoms. The number of benzene rings is 2. The van der Waals surface area contributed by atoms with Crippen molar-refractivity contribution in [1.82, 2.24) is 0 Å². The summed E-state index contributed by atoms with van der Waals surface area (Å²) in [5, 5.41) is 0. The summed E-state index contributed by atoms with van der Waals surface area (Å²) < 4.78 is 42.7. The molecule has 1 heterocycles. The molecular weight excluding hydrogens is 436 g/mol. The third-order valence-electron chi connectivity index (χ3n) is 4.98. The normalized spacial score (nSPS) is 13.8. The van der Waals surface area contributed by atoms with Crippen LogP contribution >= 0.6 is 0 Å². The monoisotopic (exact) mass is 462 g/mol. The van der Waals surface area contributed by atoms with Crippen molar-refractivity contribution in [1.29, 1.82) is 0 Å². The molecular formula is C23H26O10. The number of fused-ring (bicyclic) bond motifs is 1. The van der Waals surface area contributed by atoms with E-state index in [1.165, 1.54) is 40.6 Å². The van der Waals surface area contributed by atoms with Crippen molar-refractivity contribution in [3.63, 3.8) is 0 Å². The Morgan fingerprint density at radius 3 is 1.97 bits per heavy atom. The SMILES string of the molecule is COc1cc(C(=O)OC(C)OC)c(-c2c(C(=O)OC(C)OC)ccc3c2OCO3)cc1OC. The van der Waals surface area contributed by atoms with E-state index >= 15 is 0 Å². The molecule has 2 aromatic rings. The second-order valence-corrected chi connectivity index (χ2v) is 6.89. The van der Waals surface area contributed by atoms with Crippen LogP contribution in [-0.2, 0) is 18.9 Å². The first-order valence-electron chi connectivity index (χ1n) is 10.0. The molecule has 0 saturated heterocycles. The Balaban J connectivity index is 2.27. The molecule has 0 amide bonds. The van der Waals surface area contributed by atoms with Crippen LogP contribution in [0.4, 0.5) is 0 Å². The van der Waals surface area contributed by atoms with Gasteiger partial charge in [-0.2, -0.15) is 0 Å². The highest BCUT2D eigenvalue weighted by Gasteiger charge is 2.31. The van der Waals surface area contributed by atoms with E-state index in [-0.39, 0.29) is 29.2 Å². The summed E-state index contributed by atoms with van der Waals surface area (Å²) in [5.41, 5.74) is 0.787. The molecule has 0 aromatic heterocycles. The molecule has 178 valence electrons. The molecule has 2 aromatic carbocycles. The predicted octanol–water partition coefficient (Wildman–Crippen LogP) is 3.40. The van der Waals surface area contributed by atoms with E-state index in [4.69, 9.17) is 37.9 Å². The van der Waals surface area contributed by atoms with Gasteiger partial charge in [-0.15, -0.1) is 0 Å². The summed E-state index contributed by atoms with van der Waals surface area (Å²) in [7, 11) is 5.72. The van der Waals surface area contributed by atoms with Gasteiger partial charge in [0.2, 0.25) is 6.79 Å². The zero-order chi connectivity index (χ0) is 24.1. The third kappa shape index (κ3) is 4.96. The van der Waals surface area contributed by atoms with Gasteiger partial charge < -0.3 is 37.9 Å². The van der Waals surface area contributed by atoms with E-state index in [2.05, 4.69) is 0 Å². The second-order valence-electron chi connectivity index (χ2n) is 6.89. The lowest BCUT2D eigenvalue weighted by atomic mass is 9.93. The van der Waals surface area contributed by atoms with E-state index in [1.807, 2.05) is 0 Å². The van der Waals surface area contributed by atoms with Gasteiger partial charge >= 0.3 is 11.9 Å². The first kappa shape index (κ1) is 24.1. The van der Waals surface area contributed by atoms with E-state index in [1.54, 1.807) is 26.0 Å². The second kappa shape index (κ2) is 10.4. The number of methoxy groups -OCH3 is 4. The van der Waals surface area contributed by atoms with Gasteiger partial charge in [0, 0.05) is 25.3 Å².